The number of amides is 1. The highest BCUT2D eigenvalue weighted by Crippen LogP contribution is 2.09. The van der Waals surface area contributed by atoms with Crippen molar-refractivity contribution in [1.29, 1.82) is 0 Å². The van der Waals surface area contributed by atoms with Crippen LogP contribution in [0.25, 0.3) is 0 Å². The van der Waals surface area contributed by atoms with Gasteiger partial charge in [-0.2, -0.15) is 0 Å². The molecule has 0 fully saturated rings. The first-order valence-electron chi connectivity index (χ1n) is 5.93. The summed E-state index contributed by atoms with van der Waals surface area (Å²) in [5, 5.41) is 5.66. The van der Waals surface area contributed by atoms with E-state index in [0.29, 0.717) is 19.0 Å². The van der Waals surface area contributed by atoms with Crippen LogP contribution >= 0.6 is 0 Å². The van der Waals surface area contributed by atoms with E-state index in [1.807, 2.05) is 13.8 Å². The van der Waals surface area contributed by atoms with Crippen LogP contribution in [0.3, 0.4) is 0 Å². The molecule has 1 rings (SSSR count). The summed E-state index contributed by atoms with van der Waals surface area (Å²) in [5.74, 6) is -1.22. The lowest BCUT2D eigenvalue weighted by Crippen LogP contribution is -2.30. The van der Waals surface area contributed by atoms with E-state index in [2.05, 4.69) is 10.6 Å². The number of benzene rings is 1. The third kappa shape index (κ3) is 5.23. The van der Waals surface area contributed by atoms with Crippen LogP contribution in [-0.4, -0.2) is 18.5 Å². The van der Waals surface area contributed by atoms with Gasteiger partial charge in [-0.3, -0.25) is 4.79 Å². The van der Waals surface area contributed by atoms with E-state index in [-0.39, 0.29) is 18.0 Å². The van der Waals surface area contributed by atoms with Gasteiger partial charge in [-0.05, 0) is 18.2 Å². The molecule has 3 nitrogen and oxygen atoms in total. The molecule has 5 heteroatoms. The Balaban J connectivity index is 2.36. The van der Waals surface area contributed by atoms with Crippen LogP contribution in [0.2, 0.25) is 0 Å². The van der Waals surface area contributed by atoms with Crippen LogP contribution < -0.4 is 10.6 Å². The number of halogens is 2. The van der Waals surface area contributed by atoms with Gasteiger partial charge >= 0.3 is 0 Å². The van der Waals surface area contributed by atoms with Crippen molar-refractivity contribution in [2.45, 2.75) is 32.9 Å². The van der Waals surface area contributed by atoms with Crippen molar-refractivity contribution in [3.8, 4) is 0 Å². The molecule has 1 aromatic rings. The maximum atomic E-state index is 13.2. The quantitative estimate of drug-likeness (QED) is 0.817. The highest BCUT2D eigenvalue weighted by atomic mass is 19.1. The van der Waals surface area contributed by atoms with Crippen LogP contribution in [0.15, 0.2) is 18.2 Å². The zero-order chi connectivity index (χ0) is 13.5. The second kappa shape index (κ2) is 7.06. The normalized spacial score (nSPS) is 10.7. The molecule has 0 aliphatic carbocycles. The summed E-state index contributed by atoms with van der Waals surface area (Å²) < 4.78 is 26.1. The molecule has 0 aromatic heterocycles. The minimum Gasteiger partial charge on any atom is -0.352 e. The number of nitrogens with one attached hydrogen (secondary N) is 2. The molecular weight excluding hydrogens is 238 g/mol. The SMILES string of the molecule is CC(C)NCCC(=O)NCc1cc(F)ccc1F. The predicted molar refractivity (Wildman–Crippen MR) is 66.0 cm³/mol. The van der Waals surface area contributed by atoms with Gasteiger partial charge in [0.25, 0.3) is 0 Å². The molecule has 0 atom stereocenters. The maximum absolute atomic E-state index is 13.2. The first-order valence-corrected chi connectivity index (χ1v) is 5.93. The Morgan fingerprint density at radius 1 is 1.33 bits per heavy atom. The predicted octanol–water partition coefficient (Wildman–Crippen LogP) is 1.97. The summed E-state index contributed by atoms with van der Waals surface area (Å²) in [7, 11) is 0. The number of carbonyl (C=O) groups excluding carboxylic acids is 1. The van der Waals surface area contributed by atoms with Gasteiger partial charge in [-0.15, -0.1) is 0 Å². The van der Waals surface area contributed by atoms with Crippen LogP contribution in [0.4, 0.5) is 8.78 Å². The third-order valence-electron chi connectivity index (χ3n) is 2.39. The van der Waals surface area contributed by atoms with Gasteiger partial charge < -0.3 is 10.6 Å². The largest absolute Gasteiger partial charge is 0.352 e. The van der Waals surface area contributed by atoms with Gasteiger partial charge in [0.05, 0.1) is 0 Å². The Bertz CT molecular complexity index is 408. The van der Waals surface area contributed by atoms with Crippen LogP contribution in [0.5, 0.6) is 0 Å². The zero-order valence-corrected chi connectivity index (χ0v) is 10.6. The summed E-state index contributed by atoms with van der Waals surface area (Å²) in [6.45, 7) is 4.54. The van der Waals surface area contributed by atoms with Crippen LogP contribution in [0.1, 0.15) is 25.8 Å². The molecule has 0 spiro atoms. The fourth-order valence-electron chi connectivity index (χ4n) is 1.44. The van der Waals surface area contributed by atoms with Crippen LogP contribution in [0, 0.1) is 11.6 Å². The Kier molecular flexibility index (Phi) is 5.71. The molecule has 100 valence electrons. The summed E-state index contributed by atoms with van der Waals surface area (Å²) in [4.78, 5) is 11.4. The fourth-order valence-corrected chi connectivity index (χ4v) is 1.44. The number of hydrogen-bond acceptors (Lipinski definition) is 2. The molecule has 0 saturated heterocycles. The molecule has 0 radical (unpaired) electrons. The van der Waals surface area contributed by atoms with Crippen molar-refractivity contribution in [3.05, 3.63) is 35.4 Å². The van der Waals surface area contributed by atoms with E-state index in [9.17, 15) is 13.6 Å². The lowest BCUT2D eigenvalue weighted by Gasteiger charge is -2.09. The average Bonchev–Trinajstić information content (AvgIpc) is 2.30. The standard InChI is InChI=1S/C13H18F2N2O/c1-9(2)16-6-5-13(18)17-8-10-7-11(14)3-4-12(10)15/h3-4,7,9,16H,5-6,8H2,1-2H3,(H,17,18). The van der Waals surface area contributed by atoms with E-state index in [1.165, 1.54) is 0 Å². The van der Waals surface area contributed by atoms with Crippen molar-refractivity contribution >= 4 is 5.91 Å². The van der Waals surface area contributed by atoms with Crippen molar-refractivity contribution in [1.82, 2.24) is 10.6 Å². The summed E-state index contributed by atoms with van der Waals surface area (Å²) in [5.41, 5.74) is 0.153. The average molecular weight is 256 g/mol. The van der Waals surface area contributed by atoms with Gasteiger partial charge in [0.15, 0.2) is 0 Å². The van der Waals surface area contributed by atoms with Crippen LogP contribution in [-0.2, 0) is 11.3 Å². The van der Waals surface area contributed by atoms with Gasteiger partial charge in [0.1, 0.15) is 11.6 Å². The number of hydrogen-bond donors (Lipinski definition) is 2. The van der Waals surface area contributed by atoms with Gasteiger partial charge in [0.2, 0.25) is 5.91 Å². The number of carbonyl (C=O) groups is 1. The summed E-state index contributed by atoms with van der Waals surface area (Å²) in [6, 6.07) is 3.50. The fraction of sp³-hybridized carbons (Fsp3) is 0.462. The molecule has 0 aliphatic rings. The van der Waals surface area contributed by atoms with E-state index in [0.717, 1.165) is 18.2 Å². The topological polar surface area (TPSA) is 41.1 Å². The van der Waals surface area contributed by atoms with E-state index >= 15 is 0 Å². The summed E-state index contributed by atoms with van der Waals surface area (Å²) >= 11 is 0. The first kappa shape index (κ1) is 14.6. The smallest absolute Gasteiger partial charge is 0.221 e. The monoisotopic (exact) mass is 256 g/mol. The highest BCUT2D eigenvalue weighted by molar-refractivity contribution is 5.76. The minimum atomic E-state index is -0.517. The van der Waals surface area contributed by atoms with Gasteiger partial charge in [-0.1, -0.05) is 13.8 Å². The van der Waals surface area contributed by atoms with Crippen molar-refractivity contribution < 1.29 is 13.6 Å². The molecule has 18 heavy (non-hydrogen) atoms. The molecule has 0 saturated carbocycles. The Morgan fingerprint density at radius 3 is 2.72 bits per heavy atom. The van der Waals surface area contributed by atoms with Crippen molar-refractivity contribution in [3.63, 3.8) is 0 Å². The lowest BCUT2D eigenvalue weighted by atomic mass is 10.2. The summed E-state index contributed by atoms with van der Waals surface area (Å²) in [6.07, 6.45) is 0.315. The number of rotatable bonds is 6. The molecule has 0 aliphatic heterocycles. The second-order valence-electron chi connectivity index (χ2n) is 4.37. The van der Waals surface area contributed by atoms with Gasteiger partial charge in [-0.25, -0.2) is 8.78 Å². The molecule has 0 bridgehead atoms. The van der Waals surface area contributed by atoms with Gasteiger partial charge in [0, 0.05) is 31.1 Å². The third-order valence-corrected chi connectivity index (χ3v) is 2.39. The lowest BCUT2D eigenvalue weighted by molar-refractivity contribution is -0.121. The molecule has 1 aromatic carbocycles. The van der Waals surface area contributed by atoms with E-state index < -0.39 is 11.6 Å². The van der Waals surface area contributed by atoms with Crippen molar-refractivity contribution in [2.75, 3.05) is 6.54 Å². The van der Waals surface area contributed by atoms with Crippen molar-refractivity contribution in [2.24, 2.45) is 0 Å². The Morgan fingerprint density at radius 2 is 2.06 bits per heavy atom. The maximum Gasteiger partial charge on any atom is 0.221 e. The Labute approximate surface area is 106 Å². The minimum absolute atomic E-state index is 0.00407. The highest BCUT2D eigenvalue weighted by Gasteiger charge is 2.06. The zero-order valence-electron chi connectivity index (χ0n) is 10.6. The molecule has 1 amide bonds. The van der Waals surface area contributed by atoms with E-state index in [4.69, 9.17) is 0 Å². The van der Waals surface area contributed by atoms with E-state index in [1.54, 1.807) is 0 Å². The molecule has 2 N–H and O–H groups in total. The second-order valence-corrected chi connectivity index (χ2v) is 4.37. The molecule has 0 heterocycles. The molecule has 0 unspecified atom stereocenters. The molecular formula is C13H18F2N2O. The first-order chi connectivity index (χ1) is 8.49. The Hall–Kier alpha value is -1.49.